The first-order chi connectivity index (χ1) is 14.1. The van der Waals surface area contributed by atoms with Crippen LogP contribution in [0, 0.1) is 0 Å². The summed E-state index contributed by atoms with van der Waals surface area (Å²) in [5.74, 6) is -0.395. The monoisotopic (exact) mass is 429 g/mol. The van der Waals surface area contributed by atoms with Crippen molar-refractivity contribution in [2.75, 3.05) is 11.9 Å². The third-order valence-electron chi connectivity index (χ3n) is 4.65. The van der Waals surface area contributed by atoms with E-state index in [0.717, 1.165) is 12.8 Å². The molecule has 3 aromatic rings. The molecule has 10 heteroatoms. The number of rotatable bonds is 5. The molecule has 3 heterocycles. The summed E-state index contributed by atoms with van der Waals surface area (Å²) >= 11 is 1.20. The molecule has 1 fully saturated rings. The lowest BCUT2D eigenvalue weighted by Crippen LogP contribution is -2.49. The molecular weight excluding hydrogens is 410 g/mol. The molecule has 0 bridgehead atoms. The summed E-state index contributed by atoms with van der Waals surface area (Å²) in [6, 6.07) is 12.9. The van der Waals surface area contributed by atoms with Gasteiger partial charge in [0.2, 0.25) is 21.1 Å². The number of nitrogens with zero attached hydrogens (tertiary/aromatic N) is 4. The van der Waals surface area contributed by atoms with Crippen molar-refractivity contribution in [2.24, 2.45) is 0 Å². The predicted molar refractivity (Wildman–Crippen MR) is 110 cm³/mol. The molecule has 1 aromatic carbocycles. The summed E-state index contributed by atoms with van der Waals surface area (Å²) in [7, 11) is -3.76. The number of carbonyl (C=O) groups excluding carboxylic acids is 1. The number of carbonyl (C=O) groups is 1. The highest BCUT2D eigenvalue weighted by molar-refractivity contribution is 7.89. The van der Waals surface area contributed by atoms with Crippen molar-refractivity contribution in [3.8, 4) is 10.7 Å². The molecule has 1 aliphatic rings. The van der Waals surface area contributed by atoms with E-state index in [0.29, 0.717) is 28.8 Å². The van der Waals surface area contributed by atoms with Crippen molar-refractivity contribution in [3.63, 3.8) is 0 Å². The van der Waals surface area contributed by atoms with Crippen LogP contribution in [0.3, 0.4) is 0 Å². The van der Waals surface area contributed by atoms with Crippen molar-refractivity contribution in [1.29, 1.82) is 0 Å². The zero-order valence-electron chi connectivity index (χ0n) is 15.4. The molecule has 4 rings (SSSR count). The van der Waals surface area contributed by atoms with Gasteiger partial charge < -0.3 is 0 Å². The van der Waals surface area contributed by atoms with Crippen molar-refractivity contribution < 1.29 is 13.2 Å². The quantitative estimate of drug-likeness (QED) is 0.669. The molecule has 0 radical (unpaired) electrons. The van der Waals surface area contributed by atoms with Crippen LogP contribution < -0.4 is 5.32 Å². The van der Waals surface area contributed by atoms with Gasteiger partial charge in [0, 0.05) is 12.7 Å². The molecular formula is C19H19N5O3S2. The van der Waals surface area contributed by atoms with Crippen LogP contribution in [0.5, 0.6) is 0 Å². The summed E-state index contributed by atoms with van der Waals surface area (Å²) in [6.45, 7) is 0.310. The lowest BCUT2D eigenvalue weighted by atomic mass is 10.0. The minimum atomic E-state index is -3.76. The SMILES string of the molecule is O=C(Nc1nnc(-c2ccccn2)s1)C1CCCCN1S(=O)(=O)c1ccccc1. The first kappa shape index (κ1) is 19.6. The van der Waals surface area contributed by atoms with E-state index in [9.17, 15) is 13.2 Å². The van der Waals surface area contributed by atoms with E-state index in [1.807, 2.05) is 6.07 Å². The zero-order chi connectivity index (χ0) is 20.3. The number of aromatic nitrogens is 3. The lowest BCUT2D eigenvalue weighted by Gasteiger charge is -2.33. The van der Waals surface area contributed by atoms with Gasteiger partial charge in [-0.15, -0.1) is 10.2 Å². The number of anilines is 1. The fraction of sp³-hybridized carbons (Fsp3) is 0.263. The maximum atomic E-state index is 13.1. The van der Waals surface area contributed by atoms with Crippen LogP contribution in [0.2, 0.25) is 0 Å². The number of pyridine rings is 1. The van der Waals surface area contributed by atoms with E-state index < -0.39 is 22.0 Å². The fourth-order valence-electron chi connectivity index (χ4n) is 3.24. The fourth-order valence-corrected chi connectivity index (χ4v) is 5.64. The Morgan fingerprint density at radius 2 is 1.86 bits per heavy atom. The van der Waals surface area contributed by atoms with Gasteiger partial charge in [-0.2, -0.15) is 4.31 Å². The molecule has 150 valence electrons. The molecule has 1 aliphatic heterocycles. The van der Waals surface area contributed by atoms with Crippen molar-refractivity contribution in [3.05, 3.63) is 54.7 Å². The molecule has 1 saturated heterocycles. The van der Waals surface area contributed by atoms with Crippen LogP contribution in [-0.2, 0) is 14.8 Å². The van der Waals surface area contributed by atoms with Crippen molar-refractivity contribution in [2.45, 2.75) is 30.2 Å². The van der Waals surface area contributed by atoms with Crippen LogP contribution >= 0.6 is 11.3 Å². The van der Waals surface area contributed by atoms with Gasteiger partial charge in [-0.25, -0.2) is 8.42 Å². The average Bonchev–Trinajstić information content (AvgIpc) is 3.23. The van der Waals surface area contributed by atoms with Gasteiger partial charge >= 0.3 is 0 Å². The molecule has 1 unspecified atom stereocenters. The third-order valence-corrected chi connectivity index (χ3v) is 7.43. The van der Waals surface area contributed by atoms with Crippen LogP contribution in [0.25, 0.3) is 10.7 Å². The number of nitrogens with one attached hydrogen (secondary N) is 1. The molecule has 1 amide bonds. The summed E-state index contributed by atoms with van der Waals surface area (Å²) in [4.78, 5) is 17.3. The zero-order valence-corrected chi connectivity index (χ0v) is 17.1. The Hall–Kier alpha value is -2.69. The highest BCUT2D eigenvalue weighted by Gasteiger charge is 2.37. The van der Waals surface area contributed by atoms with E-state index in [1.54, 1.807) is 48.7 Å². The van der Waals surface area contributed by atoms with Crippen LogP contribution in [-0.4, -0.2) is 46.4 Å². The lowest BCUT2D eigenvalue weighted by molar-refractivity contribution is -0.120. The van der Waals surface area contributed by atoms with Crippen molar-refractivity contribution in [1.82, 2.24) is 19.5 Å². The molecule has 2 aromatic heterocycles. The van der Waals surface area contributed by atoms with Gasteiger partial charge in [-0.3, -0.25) is 15.1 Å². The molecule has 1 N–H and O–H groups in total. The molecule has 0 aliphatic carbocycles. The second kappa shape index (κ2) is 8.36. The Balaban J connectivity index is 1.53. The van der Waals surface area contributed by atoms with E-state index in [2.05, 4.69) is 20.5 Å². The largest absolute Gasteiger partial charge is 0.299 e. The first-order valence-corrected chi connectivity index (χ1v) is 11.4. The Morgan fingerprint density at radius 3 is 2.62 bits per heavy atom. The maximum absolute atomic E-state index is 13.1. The van der Waals surface area contributed by atoms with Gasteiger partial charge in [0.15, 0.2) is 5.01 Å². The topological polar surface area (TPSA) is 105 Å². The average molecular weight is 430 g/mol. The standard InChI is InChI=1S/C19H19N5O3S2/c25-17(21-19-23-22-18(28-19)15-10-4-6-12-20-15)16-11-5-7-13-24(16)29(26,27)14-8-2-1-3-9-14/h1-4,6,8-10,12,16H,5,7,11,13H2,(H,21,23,25). The van der Waals surface area contributed by atoms with E-state index in [1.165, 1.54) is 15.6 Å². The summed E-state index contributed by atoms with van der Waals surface area (Å²) < 4.78 is 27.4. The molecule has 8 nitrogen and oxygen atoms in total. The summed E-state index contributed by atoms with van der Waals surface area (Å²) in [5.41, 5.74) is 0.663. The smallest absolute Gasteiger partial charge is 0.244 e. The second-order valence-electron chi connectivity index (χ2n) is 6.56. The van der Waals surface area contributed by atoms with E-state index in [4.69, 9.17) is 0 Å². The summed E-state index contributed by atoms with van der Waals surface area (Å²) in [5, 5.41) is 11.7. The maximum Gasteiger partial charge on any atom is 0.244 e. The van der Waals surface area contributed by atoms with Gasteiger partial charge in [0.1, 0.15) is 11.7 Å². The van der Waals surface area contributed by atoms with Gasteiger partial charge in [-0.05, 0) is 37.1 Å². The third kappa shape index (κ3) is 4.19. The molecule has 0 spiro atoms. The first-order valence-electron chi connectivity index (χ1n) is 9.18. The minimum Gasteiger partial charge on any atom is -0.299 e. The van der Waals surface area contributed by atoms with Crippen LogP contribution in [0.15, 0.2) is 59.6 Å². The predicted octanol–water partition coefficient (Wildman–Crippen LogP) is 2.78. The number of piperidine rings is 1. The Morgan fingerprint density at radius 1 is 1.07 bits per heavy atom. The number of hydrogen-bond acceptors (Lipinski definition) is 7. The number of hydrogen-bond donors (Lipinski definition) is 1. The van der Waals surface area contributed by atoms with E-state index >= 15 is 0 Å². The normalized spacial score (nSPS) is 17.7. The van der Waals surface area contributed by atoms with E-state index in [-0.39, 0.29) is 4.90 Å². The number of sulfonamides is 1. The Kier molecular flexibility index (Phi) is 5.65. The molecule has 0 saturated carbocycles. The Labute approximate surface area is 172 Å². The summed E-state index contributed by atoms with van der Waals surface area (Å²) in [6.07, 6.45) is 3.62. The molecule has 29 heavy (non-hydrogen) atoms. The number of amides is 1. The van der Waals surface area contributed by atoms with Gasteiger partial charge in [0.25, 0.3) is 0 Å². The minimum absolute atomic E-state index is 0.188. The second-order valence-corrected chi connectivity index (χ2v) is 9.43. The van der Waals surface area contributed by atoms with Crippen molar-refractivity contribution >= 4 is 32.4 Å². The highest BCUT2D eigenvalue weighted by atomic mass is 32.2. The highest BCUT2D eigenvalue weighted by Crippen LogP contribution is 2.28. The molecule has 1 atom stereocenters. The van der Waals surface area contributed by atoms with Gasteiger partial charge in [-0.1, -0.05) is 42.0 Å². The van der Waals surface area contributed by atoms with Crippen LogP contribution in [0.4, 0.5) is 5.13 Å². The van der Waals surface area contributed by atoms with Gasteiger partial charge in [0.05, 0.1) is 4.90 Å². The number of benzene rings is 1. The Bertz CT molecular complexity index is 1090. The van der Waals surface area contributed by atoms with Crippen LogP contribution in [0.1, 0.15) is 19.3 Å².